The first-order valence-corrected chi connectivity index (χ1v) is 11.6. The van der Waals surface area contributed by atoms with Crippen LogP contribution in [0, 0.1) is 12.7 Å². The number of aromatic nitrogens is 2. The van der Waals surface area contributed by atoms with Crippen molar-refractivity contribution in [2.45, 2.75) is 43.4 Å². The second-order valence-corrected chi connectivity index (χ2v) is 8.92. The van der Waals surface area contributed by atoms with E-state index in [1.165, 1.54) is 24.8 Å². The first-order chi connectivity index (χ1) is 15.9. The molecular weight excluding hydrogens is 435 g/mol. The molecule has 4 rings (SSSR count). The molecule has 4 aromatic rings. The number of nitrogens with zero attached hydrogens (tertiary/aromatic N) is 2. The first-order valence-electron chi connectivity index (χ1n) is 10.8. The van der Waals surface area contributed by atoms with Crippen molar-refractivity contribution in [2.24, 2.45) is 0 Å². The lowest BCUT2D eigenvalue weighted by atomic mass is 10.1. The molecule has 33 heavy (non-hydrogen) atoms. The molecule has 0 saturated heterocycles. The summed E-state index contributed by atoms with van der Waals surface area (Å²) in [6, 6.07) is 16.7. The second kappa shape index (κ2) is 10.0. The molecule has 0 aliphatic rings. The summed E-state index contributed by atoms with van der Waals surface area (Å²) in [6.45, 7) is 5.55. The van der Waals surface area contributed by atoms with Crippen LogP contribution in [-0.4, -0.2) is 15.9 Å². The summed E-state index contributed by atoms with van der Waals surface area (Å²) in [6.07, 6.45) is 3.69. The average molecular weight is 461 g/mol. The van der Waals surface area contributed by atoms with Crippen molar-refractivity contribution in [1.29, 1.82) is 0 Å². The highest BCUT2D eigenvalue weighted by molar-refractivity contribution is 7.99. The van der Waals surface area contributed by atoms with Gasteiger partial charge in [0.15, 0.2) is 5.65 Å². The van der Waals surface area contributed by atoms with E-state index in [2.05, 4.69) is 27.5 Å². The van der Waals surface area contributed by atoms with Gasteiger partial charge in [0, 0.05) is 39.7 Å². The van der Waals surface area contributed by atoms with E-state index in [-0.39, 0.29) is 11.7 Å². The van der Waals surface area contributed by atoms with Crippen molar-refractivity contribution in [2.75, 3.05) is 10.6 Å². The Labute approximate surface area is 196 Å². The molecule has 2 N–H and O–H groups in total. The number of rotatable bonds is 7. The fourth-order valence-electron chi connectivity index (χ4n) is 3.53. The lowest BCUT2D eigenvalue weighted by molar-refractivity contribution is -0.114. The number of aryl methyl sites for hydroxylation is 2. The van der Waals surface area contributed by atoms with Crippen molar-refractivity contribution in [3.63, 3.8) is 0 Å². The molecule has 5 nitrogen and oxygen atoms in total. The number of nitrogens with one attached hydrogen (secondary N) is 2. The van der Waals surface area contributed by atoms with E-state index in [4.69, 9.17) is 0 Å². The van der Waals surface area contributed by atoms with Gasteiger partial charge in [0.25, 0.3) is 0 Å². The van der Waals surface area contributed by atoms with Gasteiger partial charge < -0.3 is 10.6 Å². The molecule has 7 heteroatoms. The van der Waals surface area contributed by atoms with Crippen LogP contribution in [0.15, 0.2) is 70.6 Å². The number of carbonyl (C=O) groups is 1. The topological polar surface area (TPSA) is 66.9 Å². The number of amides is 1. The van der Waals surface area contributed by atoms with Crippen LogP contribution >= 0.6 is 11.8 Å². The highest BCUT2D eigenvalue weighted by Crippen LogP contribution is 2.38. The molecule has 0 aliphatic heterocycles. The molecule has 0 spiro atoms. The summed E-state index contributed by atoms with van der Waals surface area (Å²) in [5.41, 5.74) is 5.02. The van der Waals surface area contributed by atoms with Crippen LogP contribution in [0.2, 0.25) is 0 Å². The van der Waals surface area contributed by atoms with E-state index in [1.54, 1.807) is 18.3 Å². The molecule has 0 saturated carbocycles. The van der Waals surface area contributed by atoms with Crippen molar-refractivity contribution >= 4 is 45.8 Å². The third kappa shape index (κ3) is 5.49. The Hall–Kier alpha value is -3.45. The predicted molar refractivity (Wildman–Crippen MR) is 133 cm³/mol. The zero-order valence-corrected chi connectivity index (χ0v) is 19.6. The van der Waals surface area contributed by atoms with Gasteiger partial charge in [-0.15, -0.1) is 0 Å². The summed E-state index contributed by atoms with van der Waals surface area (Å²) in [5.74, 6) is -0.625. The highest BCUT2D eigenvalue weighted by Gasteiger charge is 2.12. The minimum absolute atomic E-state index is 0.235. The maximum atomic E-state index is 14.7. The third-order valence-electron chi connectivity index (χ3n) is 5.04. The zero-order chi connectivity index (χ0) is 23.4. The van der Waals surface area contributed by atoms with E-state index in [0.29, 0.717) is 16.2 Å². The van der Waals surface area contributed by atoms with Gasteiger partial charge in [-0.1, -0.05) is 31.2 Å². The van der Waals surface area contributed by atoms with Gasteiger partial charge in [0.05, 0.1) is 11.4 Å². The molecule has 0 atom stereocenters. The van der Waals surface area contributed by atoms with Crippen LogP contribution in [0.1, 0.15) is 31.5 Å². The molecule has 1 amide bonds. The largest absolute Gasteiger partial charge is 0.354 e. The smallest absolute Gasteiger partial charge is 0.221 e. The zero-order valence-electron chi connectivity index (χ0n) is 18.8. The van der Waals surface area contributed by atoms with Gasteiger partial charge in [0.1, 0.15) is 5.82 Å². The maximum absolute atomic E-state index is 14.7. The Balaban J connectivity index is 1.65. The first kappa shape index (κ1) is 22.7. The van der Waals surface area contributed by atoms with Gasteiger partial charge in [0.2, 0.25) is 5.91 Å². The van der Waals surface area contributed by atoms with Crippen molar-refractivity contribution in [3.05, 3.63) is 77.9 Å². The summed E-state index contributed by atoms with van der Waals surface area (Å²) in [5, 5.41) is 7.04. The Morgan fingerprint density at radius 1 is 1.03 bits per heavy atom. The number of carbonyl (C=O) groups excluding carboxylic acids is 1. The van der Waals surface area contributed by atoms with Gasteiger partial charge in [-0.2, -0.15) is 0 Å². The van der Waals surface area contributed by atoms with E-state index < -0.39 is 0 Å². The third-order valence-corrected chi connectivity index (χ3v) is 6.17. The van der Waals surface area contributed by atoms with Gasteiger partial charge in [-0.3, -0.25) is 4.79 Å². The Kier molecular flexibility index (Phi) is 6.89. The molecule has 168 valence electrons. The van der Waals surface area contributed by atoms with Crippen LogP contribution in [0.5, 0.6) is 0 Å². The number of halogens is 1. The minimum atomic E-state index is -0.389. The normalized spacial score (nSPS) is 10.9. The van der Waals surface area contributed by atoms with Gasteiger partial charge in [-0.05, 0) is 67.4 Å². The number of pyridine rings is 2. The maximum Gasteiger partial charge on any atom is 0.221 e. The number of hydrogen-bond donors (Lipinski definition) is 2. The van der Waals surface area contributed by atoms with Crippen molar-refractivity contribution in [3.8, 4) is 0 Å². The highest BCUT2D eigenvalue weighted by atomic mass is 32.2. The lowest BCUT2D eigenvalue weighted by Crippen LogP contribution is -2.05. The summed E-state index contributed by atoms with van der Waals surface area (Å²) in [4.78, 5) is 21.7. The predicted octanol–water partition coefficient (Wildman–Crippen LogP) is 6.88. The number of fused-ring (bicyclic) bond motifs is 1. The van der Waals surface area contributed by atoms with E-state index in [9.17, 15) is 9.18 Å². The number of benzene rings is 2. The SMILES string of the molecule is CCCc1ccc2c(Nc3cc(C)ccc3Sc3ccc(NC(C)=O)cc3F)ccnc2n1. The standard InChI is InChI=1S/C26H25FN4OS/c1-4-5-18-7-9-20-22(12-13-28-26(20)30-18)31-23-14-16(2)6-10-25(23)33-24-11-8-19(15-21(24)27)29-17(3)32/h6-15H,4-5H2,1-3H3,(H,29,32)(H,28,30,31). The quantitative estimate of drug-likeness (QED) is 0.315. The molecule has 0 fully saturated rings. The Morgan fingerprint density at radius 3 is 2.61 bits per heavy atom. The minimum Gasteiger partial charge on any atom is -0.354 e. The lowest BCUT2D eigenvalue weighted by Gasteiger charge is -2.15. The van der Waals surface area contributed by atoms with E-state index >= 15 is 0 Å². The Morgan fingerprint density at radius 2 is 1.85 bits per heavy atom. The van der Waals surface area contributed by atoms with E-state index in [1.807, 2.05) is 43.3 Å². The average Bonchev–Trinajstić information content (AvgIpc) is 2.77. The van der Waals surface area contributed by atoms with Crippen molar-refractivity contribution < 1.29 is 9.18 Å². The summed E-state index contributed by atoms with van der Waals surface area (Å²) >= 11 is 1.33. The van der Waals surface area contributed by atoms with Crippen LogP contribution in [0.4, 0.5) is 21.5 Å². The number of hydrogen-bond acceptors (Lipinski definition) is 5. The van der Waals surface area contributed by atoms with E-state index in [0.717, 1.165) is 45.8 Å². The van der Waals surface area contributed by atoms with Crippen molar-refractivity contribution in [1.82, 2.24) is 9.97 Å². The second-order valence-electron chi connectivity index (χ2n) is 7.84. The molecule has 0 radical (unpaired) electrons. The molecule has 2 aromatic carbocycles. The van der Waals surface area contributed by atoms with Crippen LogP contribution < -0.4 is 10.6 Å². The summed E-state index contributed by atoms with van der Waals surface area (Å²) < 4.78 is 14.7. The molecule has 2 heterocycles. The van der Waals surface area contributed by atoms with Crippen LogP contribution in [-0.2, 0) is 11.2 Å². The molecular formula is C26H25FN4OS. The summed E-state index contributed by atoms with van der Waals surface area (Å²) in [7, 11) is 0. The fourth-order valence-corrected chi connectivity index (χ4v) is 4.42. The van der Waals surface area contributed by atoms with Crippen LogP contribution in [0.25, 0.3) is 11.0 Å². The molecule has 2 aromatic heterocycles. The monoisotopic (exact) mass is 460 g/mol. The van der Waals surface area contributed by atoms with Gasteiger partial charge in [-0.25, -0.2) is 14.4 Å². The van der Waals surface area contributed by atoms with Gasteiger partial charge >= 0.3 is 0 Å². The van der Waals surface area contributed by atoms with Crippen LogP contribution in [0.3, 0.4) is 0 Å². The molecule has 0 unspecified atom stereocenters. The molecule has 0 bridgehead atoms. The fraction of sp³-hybridized carbons (Fsp3) is 0.192. The Bertz CT molecular complexity index is 1330. The number of anilines is 3. The molecule has 0 aliphatic carbocycles.